The van der Waals surface area contributed by atoms with Gasteiger partial charge in [-0.25, -0.2) is 8.78 Å². The molecule has 0 saturated carbocycles. The fourth-order valence-corrected chi connectivity index (χ4v) is 2.01. The molecule has 1 aliphatic rings. The van der Waals surface area contributed by atoms with Crippen LogP contribution < -0.4 is 5.32 Å². The molecule has 0 spiro atoms. The van der Waals surface area contributed by atoms with Gasteiger partial charge in [0.25, 0.3) is 0 Å². The Balaban J connectivity index is 2.29. The van der Waals surface area contributed by atoms with Crippen molar-refractivity contribution in [3.63, 3.8) is 0 Å². The maximum absolute atomic E-state index is 13.6. The number of rotatable bonds is 2. The minimum Gasteiger partial charge on any atom is -0.345 e. The van der Waals surface area contributed by atoms with E-state index in [0.29, 0.717) is 0 Å². The van der Waals surface area contributed by atoms with Crippen LogP contribution in [0.1, 0.15) is 19.4 Å². The number of nitrogens with one attached hydrogen (secondary N) is 1. The van der Waals surface area contributed by atoms with Crippen LogP contribution in [0.25, 0.3) is 0 Å². The van der Waals surface area contributed by atoms with Gasteiger partial charge >= 0.3 is 0 Å². The van der Waals surface area contributed by atoms with Crippen molar-refractivity contribution in [3.8, 4) is 0 Å². The Morgan fingerprint density at radius 1 is 1.32 bits per heavy atom. The van der Waals surface area contributed by atoms with Crippen LogP contribution in [0.3, 0.4) is 0 Å². The SMILES string of the molecule is CC1(C)C(=O)NCC(=O)N1Cc1ccc(F)cc1F. The third-order valence-corrected chi connectivity index (χ3v) is 3.28. The van der Waals surface area contributed by atoms with Crippen LogP contribution >= 0.6 is 0 Å². The lowest BCUT2D eigenvalue weighted by atomic mass is 9.97. The fourth-order valence-electron chi connectivity index (χ4n) is 2.01. The number of piperazine rings is 1. The molecule has 0 aliphatic carbocycles. The number of hydrogen-bond acceptors (Lipinski definition) is 2. The van der Waals surface area contributed by atoms with Crippen molar-refractivity contribution in [1.82, 2.24) is 10.2 Å². The normalized spacial score (nSPS) is 18.4. The van der Waals surface area contributed by atoms with E-state index in [1.165, 1.54) is 11.0 Å². The summed E-state index contributed by atoms with van der Waals surface area (Å²) in [6.45, 7) is 3.00. The second kappa shape index (κ2) is 4.60. The molecule has 1 saturated heterocycles. The zero-order valence-corrected chi connectivity index (χ0v) is 10.7. The highest BCUT2D eigenvalue weighted by Gasteiger charge is 2.41. The van der Waals surface area contributed by atoms with E-state index in [0.717, 1.165) is 12.1 Å². The number of hydrogen-bond donors (Lipinski definition) is 1. The zero-order chi connectivity index (χ0) is 14.2. The van der Waals surface area contributed by atoms with Crippen molar-refractivity contribution < 1.29 is 18.4 Å². The van der Waals surface area contributed by atoms with Gasteiger partial charge in [0.2, 0.25) is 11.8 Å². The van der Waals surface area contributed by atoms with Crippen LogP contribution in [0, 0.1) is 11.6 Å². The van der Waals surface area contributed by atoms with Crippen LogP contribution in [0.4, 0.5) is 8.78 Å². The Labute approximate surface area is 109 Å². The lowest BCUT2D eigenvalue weighted by Crippen LogP contribution is -2.63. The van der Waals surface area contributed by atoms with Crippen molar-refractivity contribution >= 4 is 11.8 Å². The largest absolute Gasteiger partial charge is 0.345 e. The van der Waals surface area contributed by atoms with Crippen molar-refractivity contribution in [2.75, 3.05) is 6.54 Å². The Hall–Kier alpha value is -1.98. The van der Waals surface area contributed by atoms with Crippen molar-refractivity contribution in [3.05, 3.63) is 35.4 Å². The van der Waals surface area contributed by atoms with E-state index in [1.807, 2.05) is 0 Å². The maximum Gasteiger partial charge on any atom is 0.245 e. The molecule has 4 nitrogen and oxygen atoms in total. The first kappa shape index (κ1) is 13.5. The standard InChI is InChI=1S/C13H14F2N2O2/c1-13(2)12(19)16-6-11(18)17(13)7-8-3-4-9(14)5-10(8)15/h3-5H,6-7H2,1-2H3,(H,16,19). The van der Waals surface area contributed by atoms with Gasteiger partial charge in [0.1, 0.15) is 17.2 Å². The lowest BCUT2D eigenvalue weighted by Gasteiger charge is -2.41. The molecule has 0 unspecified atom stereocenters. The van der Waals surface area contributed by atoms with E-state index in [9.17, 15) is 18.4 Å². The summed E-state index contributed by atoms with van der Waals surface area (Å²) < 4.78 is 26.4. The molecule has 0 aromatic heterocycles. The van der Waals surface area contributed by atoms with Crippen LogP contribution in [0.2, 0.25) is 0 Å². The molecule has 2 amide bonds. The van der Waals surface area contributed by atoms with Gasteiger partial charge in [-0.15, -0.1) is 0 Å². The molecule has 1 aromatic rings. The maximum atomic E-state index is 13.6. The molecule has 19 heavy (non-hydrogen) atoms. The molecule has 1 N–H and O–H groups in total. The fraction of sp³-hybridized carbons (Fsp3) is 0.385. The average Bonchev–Trinajstić information content (AvgIpc) is 2.32. The number of carbonyl (C=O) groups excluding carboxylic acids is 2. The molecule has 2 rings (SSSR count). The minimum absolute atomic E-state index is 0.0641. The van der Waals surface area contributed by atoms with Gasteiger partial charge in [-0.1, -0.05) is 6.07 Å². The van der Waals surface area contributed by atoms with Gasteiger partial charge in [0, 0.05) is 18.2 Å². The zero-order valence-electron chi connectivity index (χ0n) is 10.7. The van der Waals surface area contributed by atoms with Crippen molar-refractivity contribution in [2.45, 2.75) is 25.9 Å². The highest BCUT2D eigenvalue weighted by molar-refractivity contribution is 5.97. The summed E-state index contributed by atoms with van der Waals surface area (Å²) in [6.07, 6.45) is 0. The van der Waals surface area contributed by atoms with Crippen molar-refractivity contribution in [1.29, 1.82) is 0 Å². The van der Waals surface area contributed by atoms with Crippen LogP contribution in [-0.4, -0.2) is 28.8 Å². The van der Waals surface area contributed by atoms with E-state index < -0.39 is 17.2 Å². The number of halogens is 2. The molecule has 1 aliphatic heterocycles. The Morgan fingerprint density at radius 3 is 2.63 bits per heavy atom. The molecule has 102 valence electrons. The second-order valence-electron chi connectivity index (χ2n) is 4.96. The van der Waals surface area contributed by atoms with Gasteiger partial charge in [-0.3, -0.25) is 9.59 Å². The van der Waals surface area contributed by atoms with Gasteiger partial charge < -0.3 is 10.2 Å². The first-order valence-corrected chi connectivity index (χ1v) is 5.85. The second-order valence-corrected chi connectivity index (χ2v) is 4.96. The van der Waals surface area contributed by atoms with Gasteiger partial charge in [0.15, 0.2) is 0 Å². The van der Waals surface area contributed by atoms with E-state index in [-0.39, 0.29) is 30.5 Å². The lowest BCUT2D eigenvalue weighted by molar-refractivity contribution is -0.152. The van der Waals surface area contributed by atoms with Gasteiger partial charge in [-0.05, 0) is 19.9 Å². The molecule has 0 radical (unpaired) electrons. The number of nitrogens with zero attached hydrogens (tertiary/aromatic N) is 1. The summed E-state index contributed by atoms with van der Waals surface area (Å²) in [6, 6.07) is 3.16. The summed E-state index contributed by atoms with van der Waals surface area (Å²) in [5.74, 6) is -2.00. The third-order valence-electron chi connectivity index (χ3n) is 3.28. The van der Waals surface area contributed by atoms with Crippen LogP contribution in [0.15, 0.2) is 18.2 Å². The van der Waals surface area contributed by atoms with E-state index in [2.05, 4.69) is 5.32 Å². The molecule has 1 aromatic carbocycles. The number of carbonyl (C=O) groups is 2. The first-order chi connectivity index (χ1) is 8.82. The van der Waals surface area contributed by atoms with Gasteiger partial charge in [-0.2, -0.15) is 0 Å². The minimum atomic E-state index is -1.06. The summed E-state index contributed by atoms with van der Waals surface area (Å²) in [7, 11) is 0. The first-order valence-electron chi connectivity index (χ1n) is 5.85. The average molecular weight is 268 g/mol. The van der Waals surface area contributed by atoms with E-state index in [1.54, 1.807) is 13.8 Å². The predicted molar refractivity (Wildman–Crippen MR) is 64.0 cm³/mol. The van der Waals surface area contributed by atoms with Crippen LogP contribution in [-0.2, 0) is 16.1 Å². The predicted octanol–water partition coefficient (Wildman–Crippen LogP) is 1.20. The third kappa shape index (κ3) is 2.43. The summed E-state index contributed by atoms with van der Waals surface area (Å²) in [5.41, 5.74) is -0.881. The Bertz CT molecular complexity index is 543. The highest BCUT2D eigenvalue weighted by Crippen LogP contribution is 2.22. The smallest absolute Gasteiger partial charge is 0.245 e. The number of amides is 2. The van der Waals surface area contributed by atoms with E-state index in [4.69, 9.17) is 0 Å². The quantitative estimate of drug-likeness (QED) is 0.876. The number of benzene rings is 1. The Morgan fingerprint density at radius 2 is 2.00 bits per heavy atom. The molecule has 1 fully saturated rings. The molecular weight excluding hydrogens is 254 g/mol. The highest BCUT2D eigenvalue weighted by atomic mass is 19.1. The molecule has 6 heteroatoms. The summed E-state index contributed by atoms with van der Waals surface area (Å²) in [4.78, 5) is 24.9. The Kier molecular flexibility index (Phi) is 3.26. The molecular formula is C13H14F2N2O2. The van der Waals surface area contributed by atoms with Gasteiger partial charge in [0.05, 0.1) is 6.54 Å². The molecule has 0 atom stereocenters. The molecule has 0 bridgehead atoms. The summed E-state index contributed by atoms with van der Waals surface area (Å²) >= 11 is 0. The topological polar surface area (TPSA) is 49.4 Å². The van der Waals surface area contributed by atoms with Crippen molar-refractivity contribution in [2.24, 2.45) is 0 Å². The monoisotopic (exact) mass is 268 g/mol. The van der Waals surface area contributed by atoms with E-state index >= 15 is 0 Å². The van der Waals surface area contributed by atoms with Crippen LogP contribution in [0.5, 0.6) is 0 Å². The summed E-state index contributed by atoms with van der Waals surface area (Å²) in [5, 5.41) is 2.48. The molecule has 1 heterocycles.